The molecule has 13 heteroatoms. The number of hydrogen-bond donors (Lipinski definition) is 4. The van der Waals surface area contributed by atoms with Crippen molar-refractivity contribution >= 4 is 33.8 Å². The number of rotatable bonds is 9. The minimum Gasteiger partial charge on any atom is -0.479 e. The molecular weight excluding hydrogens is 502 g/mol. The fraction of sp³-hybridized carbons (Fsp3) is 0.833. The van der Waals surface area contributed by atoms with Crippen molar-refractivity contribution in [1.29, 1.82) is 0 Å². The largest absolute Gasteiger partial charge is 0.479 e. The highest BCUT2D eigenvalue weighted by Gasteiger charge is 2.61. The van der Waals surface area contributed by atoms with Crippen molar-refractivity contribution in [3.8, 4) is 0 Å². The second-order valence-electron chi connectivity index (χ2n) is 11.4. The molecule has 0 bridgehead atoms. The van der Waals surface area contributed by atoms with E-state index in [1.54, 1.807) is 0 Å². The predicted molar refractivity (Wildman–Crippen MR) is 136 cm³/mol. The first-order chi connectivity index (χ1) is 17.2. The molecule has 2 saturated heterocycles. The third kappa shape index (κ3) is 6.73. The Morgan fingerprint density at radius 2 is 1.81 bits per heavy atom. The van der Waals surface area contributed by atoms with E-state index in [0.717, 1.165) is 6.42 Å². The van der Waals surface area contributed by atoms with Gasteiger partial charge in [-0.15, -0.1) is 0 Å². The van der Waals surface area contributed by atoms with Crippen LogP contribution in [0.25, 0.3) is 0 Å². The van der Waals surface area contributed by atoms with Crippen molar-refractivity contribution < 1.29 is 32.7 Å². The summed E-state index contributed by atoms with van der Waals surface area (Å²) in [5.74, 6) is -2.01. The van der Waals surface area contributed by atoms with Crippen molar-refractivity contribution in [1.82, 2.24) is 25.2 Å². The number of hydrogen-bond acceptors (Lipinski definition) is 6. The summed E-state index contributed by atoms with van der Waals surface area (Å²) in [5, 5.41) is 17.6. The molecule has 3 fully saturated rings. The van der Waals surface area contributed by atoms with Crippen molar-refractivity contribution in [2.45, 2.75) is 83.8 Å². The third-order valence-electron chi connectivity index (χ3n) is 7.79. The molecule has 2 heterocycles. The fourth-order valence-electron chi connectivity index (χ4n) is 5.18. The molecule has 37 heavy (non-hydrogen) atoms. The molecule has 210 valence electrons. The van der Waals surface area contributed by atoms with E-state index in [4.69, 9.17) is 0 Å². The molecule has 3 aliphatic rings. The van der Waals surface area contributed by atoms with Crippen molar-refractivity contribution in [3.63, 3.8) is 0 Å². The van der Waals surface area contributed by atoms with E-state index in [-0.39, 0.29) is 24.8 Å². The van der Waals surface area contributed by atoms with Gasteiger partial charge >= 0.3 is 12.0 Å². The van der Waals surface area contributed by atoms with Crippen LogP contribution in [0.2, 0.25) is 0 Å². The number of aliphatic carboxylic acids is 1. The van der Waals surface area contributed by atoms with Crippen molar-refractivity contribution in [3.05, 3.63) is 0 Å². The Kier molecular flexibility index (Phi) is 8.78. The van der Waals surface area contributed by atoms with Crippen LogP contribution < -0.4 is 16.0 Å². The second kappa shape index (κ2) is 11.1. The van der Waals surface area contributed by atoms with Crippen molar-refractivity contribution in [2.75, 3.05) is 31.9 Å². The summed E-state index contributed by atoms with van der Waals surface area (Å²) in [5.41, 5.74) is -1.70. The van der Waals surface area contributed by atoms with Crippen LogP contribution in [0.3, 0.4) is 0 Å². The number of nitrogens with one attached hydrogen (secondary N) is 3. The highest BCUT2D eigenvalue weighted by molar-refractivity contribution is 7.89. The van der Waals surface area contributed by atoms with Gasteiger partial charge in [0.15, 0.2) is 0 Å². The zero-order valence-corrected chi connectivity index (χ0v) is 23.0. The molecule has 0 aromatic heterocycles. The van der Waals surface area contributed by atoms with Crippen molar-refractivity contribution in [2.24, 2.45) is 11.3 Å². The van der Waals surface area contributed by atoms with Crippen LogP contribution in [0.1, 0.15) is 66.2 Å². The first-order valence-corrected chi connectivity index (χ1v) is 14.7. The summed E-state index contributed by atoms with van der Waals surface area (Å²) in [7, 11) is -3.36. The zero-order chi connectivity index (χ0) is 27.6. The number of amides is 4. The Hall–Kier alpha value is -2.41. The highest BCUT2D eigenvalue weighted by Crippen LogP contribution is 2.46. The number of sulfonamides is 1. The molecule has 0 spiro atoms. The van der Waals surface area contributed by atoms with Gasteiger partial charge in [-0.1, -0.05) is 34.1 Å². The minimum absolute atomic E-state index is 0.0990. The van der Waals surface area contributed by atoms with Crippen LogP contribution in [0, 0.1) is 11.3 Å². The molecule has 1 saturated carbocycles. The Morgan fingerprint density at radius 1 is 1.11 bits per heavy atom. The summed E-state index contributed by atoms with van der Waals surface area (Å²) < 4.78 is 26.3. The van der Waals surface area contributed by atoms with Crippen LogP contribution in [-0.2, 0) is 24.4 Å². The first-order valence-electron chi connectivity index (χ1n) is 13.1. The standard InChI is InChI=1S/C24H41N5O7S/c1-5-16-13-24(16,21(32)33)27-20(31)17-9-8-11-29(17)19(30)14-25-22(34)26-18(23(2,3)4)15-28-10-6-7-12-37(28,35)36/h16-18H,5-15H2,1-4H3,(H,27,31)(H,32,33)(H2,25,26,34)/t16?,17-,18?,24+/m0/s1. The van der Waals surface area contributed by atoms with E-state index in [9.17, 15) is 32.7 Å². The topological polar surface area (TPSA) is 165 Å². The lowest BCUT2D eigenvalue weighted by Gasteiger charge is -2.36. The van der Waals surface area contributed by atoms with E-state index >= 15 is 0 Å². The first kappa shape index (κ1) is 29.2. The Morgan fingerprint density at radius 3 is 2.38 bits per heavy atom. The van der Waals surface area contributed by atoms with Gasteiger partial charge in [0, 0.05) is 25.7 Å². The lowest BCUT2D eigenvalue weighted by Crippen LogP contribution is -2.57. The number of carboxylic acid groups (broad SMARTS) is 1. The van der Waals surface area contributed by atoms with Gasteiger partial charge in [-0.25, -0.2) is 18.0 Å². The summed E-state index contributed by atoms with van der Waals surface area (Å²) >= 11 is 0. The molecule has 4 N–H and O–H groups in total. The molecule has 0 aromatic carbocycles. The van der Waals surface area contributed by atoms with Gasteiger partial charge in [-0.3, -0.25) is 9.59 Å². The van der Waals surface area contributed by atoms with Gasteiger partial charge < -0.3 is 26.0 Å². The average molecular weight is 544 g/mol. The smallest absolute Gasteiger partial charge is 0.329 e. The lowest BCUT2D eigenvalue weighted by atomic mass is 9.86. The molecule has 0 radical (unpaired) electrons. The molecule has 1 aliphatic carbocycles. The van der Waals surface area contributed by atoms with Crippen LogP contribution in [-0.4, -0.2) is 96.1 Å². The van der Waals surface area contributed by atoms with Crippen LogP contribution in [0.15, 0.2) is 0 Å². The SMILES string of the molecule is CCC1C[C@]1(NC(=O)[C@@H]1CCCN1C(=O)CNC(=O)NC(CN1CCCCS1(=O)=O)C(C)(C)C)C(=O)O. The summed E-state index contributed by atoms with van der Waals surface area (Å²) in [6, 6.07) is -1.87. The molecule has 3 rings (SSSR count). The monoisotopic (exact) mass is 543 g/mol. The maximum atomic E-state index is 12.9. The van der Waals surface area contributed by atoms with E-state index in [2.05, 4.69) is 16.0 Å². The van der Waals surface area contributed by atoms with E-state index in [0.29, 0.717) is 45.2 Å². The van der Waals surface area contributed by atoms with Crippen LogP contribution in [0.4, 0.5) is 4.79 Å². The normalized spacial score (nSPS) is 28.3. The van der Waals surface area contributed by atoms with Gasteiger partial charge in [0.2, 0.25) is 21.8 Å². The molecule has 12 nitrogen and oxygen atoms in total. The van der Waals surface area contributed by atoms with E-state index in [1.807, 2.05) is 27.7 Å². The summed E-state index contributed by atoms with van der Waals surface area (Å²) in [4.78, 5) is 51.6. The average Bonchev–Trinajstić information content (AvgIpc) is 3.30. The van der Waals surface area contributed by atoms with Gasteiger partial charge in [-0.2, -0.15) is 4.31 Å². The molecule has 4 amide bonds. The molecule has 2 unspecified atom stereocenters. The molecule has 4 atom stereocenters. The van der Waals surface area contributed by atoms with Gasteiger partial charge in [0.25, 0.3) is 0 Å². The number of nitrogens with zero attached hydrogens (tertiary/aromatic N) is 2. The predicted octanol–water partition coefficient (Wildman–Crippen LogP) is 0.486. The second-order valence-corrected chi connectivity index (χ2v) is 13.5. The fourth-order valence-corrected chi connectivity index (χ4v) is 6.79. The highest BCUT2D eigenvalue weighted by atomic mass is 32.2. The Labute approximate surface area is 218 Å². The maximum Gasteiger partial charge on any atom is 0.329 e. The molecule has 0 aromatic rings. The number of likely N-dealkylation sites (tertiary alicyclic amines) is 1. The Bertz CT molecular complexity index is 1010. The maximum absolute atomic E-state index is 12.9. The number of urea groups is 1. The third-order valence-corrected chi connectivity index (χ3v) is 9.71. The molecular formula is C24H41N5O7S. The lowest BCUT2D eigenvalue weighted by molar-refractivity contribution is -0.145. The zero-order valence-electron chi connectivity index (χ0n) is 22.2. The summed E-state index contributed by atoms with van der Waals surface area (Å²) in [6.07, 6.45) is 3.43. The van der Waals surface area contributed by atoms with E-state index < -0.39 is 56.9 Å². The van der Waals surface area contributed by atoms with Gasteiger partial charge in [0.05, 0.1) is 12.3 Å². The van der Waals surface area contributed by atoms with Gasteiger partial charge in [-0.05, 0) is 43.4 Å². The quantitative estimate of drug-likeness (QED) is 0.328. The number of carbonyl (C=O) groups is 4. The van der Waals surface area contributed by atoms with Crippen LogP contribution in [0.5, 0.6) is 0 Å². The van der Waals surface area contributed by atoms with Gasteiger partial charge in [0.1, 0.15) is 11.6 Å². The Balaban J connectivity index is 1.55. The minimum atomic E-state index is -3.36. The number of carbonyl (C=O) groups excluding carboxylic acids is 3. The van der Waals surface area contributed by atoms with E-state index in [1.165, 1.54) is 9.21 Å². The summed E-state index contributed by atoms with van der Waals surface area (Å²) in [6.45, 7) is 8.15. The van der Waals surface area contributed by atoms with Crippen LogP contribution >= 0.6 is 0 Å². The molecule has 2 aliphatic heterocycles. The number of carboxylic acids is 1.